The number of nitrogens with zero attached hydrogens (tertiary/aromatic N) is 11. The summed E-state index contributed by atoms with van der Waals surface area (Å²) in [5.41, 5.74) is 8.05. The smallest absolute Gasteiger partial charge is 0.367 e. The third-order valence-corrected chi connectivity index (χ3v) is 11.8. The Morgan fingerprint density at radius 2 is 1.19 bits per heavy atom. The number of hydrogen-bond acceptors (Lipinski definition) is 14. The van der Waals surface area contributed by atoms with Crippen LogP contribution in [0.25, 0.3) is 44.7 Å². The minimum atomic E-state index is -0.452. The van der Waals surface area contributed by atoms with Crippen LogP contribution in [0.3, 0.4) is 0 Å². The van der Waals surface area contributed by atoms with E-state index >= 15 is 0 Å². The second-order valence-electron chi connectivity index (χ2n) is 16.2. The van der Waals surface area contributed by atoms with Crippen LogP contribution in [-0.2, 0) is 22.6 Å². The second-order valence-corrected chi connectivity index (χ2v) is 16.2. The van der Waals surface area contributed by atoms with Crippen LogP contribution in [0.4, 0.5) is 0 Å². The molecule has 5 aromatic heterocycles. The van der Waals surface area contributed by atoms with Gasteiger partial charge >= 0.3 is 5.97 Å². The zero-order valence-electron chi connectivity index (χ0n) is 37.7. The molecule has 0 saturated carbocycles. The molecule has 7 heterocycles. The molecule has 0 radical (unpaired) electrons. The van der Waals surface area contributed by atoms with Crippen molar-refractivity contribution in [2.24, 2.45) is 0 Å². The van der Waals surface area contributed by atoms with E-state index in [0.717, 1.165) is 113 Å². The fourth-order valence-corrected chi connectivity index (χ4v) is 8.21. The monoisotopic (exact) mass is 909 g/mol. The van der Waals surface area contributed by atoms with Crippen LogP contribution < -0.4 is 4.84 Å². The van der Waals surface area contributed by atoms with Gasteiger partial charge in [-0.25, -0.2) is 9.78 Å². The molecule has 2 aliphatic rings. The molecule has 0 atom stereocenters. The number of ether oxygens (including phenoxy) is 2. The van der Waals surface area contributed by atoms with E-state index in [4.69, 9.17) is 19.5 Å². The first-order chi connectivity index (χ1) is 32.7. The lowest BCUT2D eigenvalue weighted by Gasteiger charge is -2.26. The number of hydrogen-bond donors (Lipinski definition) is 2. The Labute approximate surface area is 387 Å². The van der Waals surface area contributed by atoms with Crippen molar-refractivity contribution in [3.8, 4) is 28.4 Å². The Morgan fingerprint density at radius 1 is 0.657 bits per heavy atom. The molecule has 0 unspecified atom stereocenters. The average molecular weight is 910 g/mol. The van der Waals surface area contributed by atoms with Crippen molar-refractivity contribution in [2.45, 2.75) is 39.8 Å². The van der Waals surface area contributed by atoms with Crippen molar-refractivity contribution >= 4 is 33.9 Å². The molecular formula is C49H55N11O7. The van der Waals surface area contributed by atoms with Crippen molar-refractivity contribution in [3.05, 3.63) is 132 Å². The van der Waals surface area contributed by atoms with Gasteiger partial charge in [0.15, 0.2) is 5.78 Å². The van der Waals surface area contributed by atoms with Gasteiger partial charge in [0.1, 0.15) is 16.6 Å². The normalized spacial score (nSPS) is 14.3. The van der Waals surface area contributed by atoms with Gasteiger partial charge < -0.3 is 33.8 Å². The minimum Gasteiger partial charge on any atom is -0.494 e. The molecule has 2 N–H and O–H groups in total. The summed E-state index contributed by atoms with van der Waals surface area (Å²) in [5, 5.41) is 34.4. The summed E-state index contributed by atoms with van der Waals surface area (Å²) < 4.78 is 14.9. The molecule has 18 nitrogen and oxygen atoms in total. The zero-order valence-corrected chi connectivity index (χ0v) is 37.7. The fourth-order valence-electron chi connectivity index (χ4n) is 8.21. The number of morpholine rings is 2. The van der Waals surface area contributed by atoms with E-state index in [9.17, 15) is 14.7 Å². The standard InChI is InChI=1S/C25H27N5O3.C19H24N2O3.C5H4N4O/c1-19-21(25(31)33-30-23-11-6-5-10-22(23)26-27-30)18-24(20-8-3-2-4-9-20)29(19)13-7-12-28-14-16-32-17-15-28;1-15(22)17-14-18(16-6-3-2-4-7-16)21(19(17)23)9-5-8-20-10-12-24-13-11-20;10-9-5-4(7-8-9)2-1-3-6-5/h2-6,8-11,18H,7,12-17H2,1H3;2-4,6-7,14,23H,5,8-13H2,1H3;1-3,10H. The van der Waals surface area contributed by atoms with Gasteiger partial charge in [0, 0.05) is 69.9 Å². The van der Waals surface area contributed by atoms with Crippen molar-refractivity contribution in [1.82, 2.24) is 54.2 Å². The highest BCUT2D eigenvalue weighted by Gasteiger charge is 2.23. The van der Waals surface area contributed by atoms with Crippen LogP contribution in [-0.4, -0.2) is 142 Å². The van der Waals surface area contributed by atoms with Crippen molar-refractivity contribution in [2.75, 3.05) is 65.7 Å². The number of pyridine rings is 1. The maximum absolute atomic E-state index is 13.1. The number of fused-ring (bicyclic) bond motifs is 2. The molecule has 2 saturated heterocycles. The number of aromatic hydroxyl groups is 1. The summed E-state index contributed by atoms with van der Waals surface area (Å²) in [6.07, 6.45) is 3.47. The van der Waals surface area contributed by atoms with E-state index in [1.165, 1.54) is 11.8 Å². The molecule has 8 aromatic rings. The van der Waals surface area contributed by atoms with Gasteiger partial charge in [-0.2, -0.15) is 0 Å². The predicted molar refractivity (Wildman–Crippen MR) is 251 cm³/mol. The minimum absolute atomic E-state index is 0.0725. The number of aromatic nitrogens is 9. The quantitative estimate of drug-likeness (QED) is 0.0772. The first-order valence-electron chi connectivity index (χ1n) is 22.5. The molecule has 10 rings (SSSR count). The SMILES string of the molecule is CC(=O)c1cc(-c2ccccc2)n(CCCN2CCOCC2)c1O.Cc1c(C(=O)On2nnc3ccccc32)cc(-c2ccccc2)n1CCCN1CCOCC1.On1nnc2cccnc21. The van der Waals surface area contributed by atoms with Crippen molar-refractivity contribution < 1.29 is 34.2 Å². The Morgan fingerprint density at radius 3 is 1.81 bits per heavy atom. The summed E-state index contributed by atoms with van der Waals surface area (Å²) in [5.74, 6) is -0.493. The molecule has 348 valence electrons. The van der Waals surface area contributed by atoms with Crippen molar-refractivity contribution in [1.29, 1.82) is 0 Å². The number of Topliss-reactive ketones (excluding diaryl/α,β-unsaturated/α-hetero) is 1. The molecule has 3 aromatic carbocycles. The number of ketones is 1. The third kappa shape index (κ3) is 11.4. The number of carbonyl (C=O) groups excluding carboxylic acids is 2. The van der Waals surface area contributed by atoms with E-state index < -0.39 is 5.97 Å². The summed E-state index contributed by atoms with van der Waals surface area (Å²) >= 11 is 0. The summed E-state index contributed by atoms with van der Waals surface area (Å²) in [6, 6.07) is 34.6. The Bertz CT molecular complexity index is 2860. The zero-order chi connectivity index (χ0) is 46.5. The first kappa shape index (κ1) is 46.3. The molecule has 67 heavy (non-hydrogen) atoms. The van der Waals surface area contributed by atoms with Crippen LogP contribution in [0, 0.1) is 6.92 Å². The molecule has 0 amide bonds. The van der Waals surface area contributed by atoms with E-state index in [2.05, 4.69) is 52.1 Å². The van der Waals surface area contributed by atoms with Gasteiger partial charge in [0.05, 0.1) is 43.2 Å². The fraction of sp³-hybridized carbons (Fsp3) is 0.327. The highest BCUT2D eigenvalue weighted by atomic mass is 16.7. The number of benzene rings is 3. The molecule has 0 spiro atoms. The van der Waals surface area contributed by atoms with Crippen LogP contribution in [0.5, 0.6) is 5.88 Å². The van der Waals surface area contributed by atoms with Gasteiger partial charge in [0.25, 0.3) is 0 Å². The lowest BCUT2D eigenvalue weighted by Crippen LogP contribution is -2.37. The average Bonchev–Trinajstić information content (AvgIpc) is 4.14. The predicted octanol–water partition coefficient (Wildman–Crippen LogP) is 6.05. The highest BCUT2D eigenvalue weighted by Crippen LogP contribution is 2.31. The number of rotatable bonds is 13. The van der Waals surface area contributed by atoms with Gasteiger partial charge in [-0.3, -0.25) is 14.6 Å². The van der Waals surface area contributed by atoms with Gasteiger partial charge in [-0.05, 0) is 84.6 Å². The largest absolute Gasteiger partial charge is 0.494 e. The van der Waals surface area contributed by atoms with Gasteiger partial charge in [-0.1, -0.05) is 82.5 Å². The Kier molecular flexibility index (Phi) is 15.4. The Hall–Kier alpha value is -7.25. The van der Waals surface area contributed by atoms with Crippen LogP contribution in [0.1, 0.15) is 46.2 Å². The maximum atomic E-state index is 13.1. The molecular weight excluding hydrogens is 855 g/mol. The van der Waals surface area contributed by atoms with Crippen molar-refractivity contribution in [3.63, 3.8) is 0 Å². The molecule has 0 aliphatic carbocycles. The Balaban J connectivity index is 0.000000155. The van der Waals surface area contributed by atoms with Gasteiger partial charge in [-0.15, -0.1) is 10.2 Å². The molecule has 2 fully saturated rings. The lowest BCUT2D eigenvalue weighted by atomic mass is 10.1. The second kappa shape index (κ2) is 22.3. The van der Waals surface area contributed by atoms with E-state index in [1.54, 1.807) is 24.4 Å². The first-order valence-corrected chi connectivity index (χ1v) is 22.5. The number of carbonyl (C=O) groups is 2. The van der Waals surface area contributed by atoms with E-state index in [-0.39, 0.29) is 11.7 Å². The maximum Gasteiger partial charge on any atom is 0.367 e. The third-order valence-electron chi connectivity index (χ3n) is 11.8. The number of para-hydroxylation sites is 1. The summed E-state index contributed by atoms with van der Waals surface area (Å²) in [4.78, 5) is 41.0. The van der Waals surface area contributed by atoms with Crippen LogP contribution >= 0.6 is 0 Å². The van der Waals surface area contributed by atoms with E-state index in [0.29, 0.717) is 44.7 Å². The highest BCUT2D eigenvalue weighted by molar-refractivity contribution is 5.98. The lowest BCUT2D eigenvalue weighted by molar-refractivity contribution is 0.0368. The topological polar surface area (TPSA) is 193 Å². The molecule has 18 heteroatoms. The van der Waals surface area contributed by atoms with Crippen LogP contribution in [0.15, 0.2) is 115 Å². The van der Waals surface area contributed by atoms with Crippen LogP contribution in [0.2, 0.25) is 0 Å². The van der Waals surface area contributed by atoms with E-state index in [1.807, 2.05) is 90.4 Å². The van der Waals surface area contributed by atoms with Gasteiger partial charge in [0.2, 0.25) is 11.5 Å². The molecule has 0 bridgehead atoms. The summed E-state index contributed by atoms with van der Waals surface area (Å²) in [6.45, 7) is 14.0. The summed E-state index contributed by atoms with van der Waals surface area (Å²) in [7, 11) is 0. The molecule has 2 aliphatic heterocycles.